The Kier molecular flexibility index (Phi) is 6.85. The summed E-state index contributed by atoms with van der Waals surface area (Å²) in [6, 6.07) is 8.51. The molecule has 0 heterocycles. The van der Waals surface area contributed by atoms with Crippen molar-refractivity contribution in [1.29, 1.82) is 0 Å². The Morgan fingerprint density at radius 3 is 2.35 bits per heavy atom. The summed E-state index contributed by atoms with van der Waals surface area (Å²) in [6.07, 6.45) is 0. The Hall–Kier alpha value is -2.74. The van der Waals surface area contributed by atoms with Gasteiger partial charge in [0.15, 0.2) is 0 Å². The van der Waals surface area contributed by atoms with E-state index in [1.165, 1.54) is 32.4 Å². The highest BCUT2D eigenvalue weighted by Crippen LogP contribution is 2.35. The Morgan fingerprint density at radius 1 is 1.12 bits per heavy atom. The van der Waals surface area contributed by atoms with Crippen molar-refractivity contribution in [2.75, 3.05) is 19.5 Å². The van der Waals surface area contributed by atoms with Crippen LogP contribution in [0.1, 0.15) is 5.56 Å². The normalized spacial score (nSPS) is 10.4. The van der Waals surface area contributed by atoms with E-state index in [1.807, 2.05) is 0 Å². The first kappa shape index (κ1) is 19.6. The SMILES string of the molecule is COc1cc(OC)c(NC(=O)NCc2ccc(OC(F)F)cc2)cc1Cl. The fourth-order valence-electron chi connectivity index (χ4n) is 2.10. The molecule has 0 aromatic heterocycles. The predicted octanol–water partition coefficient (Wildman–Crippen LogP) is 4.28. The van der Waals surface area contributed by atoms with Crippen LogP contribution >= 0.6 is 11.6 Å². The highest BCUT2D eigenvalue weighted by atomic mass is 35.5. The number of methoxy groups -OCH3 is 2. The number of hydrogen-bond acceptors (Lipinski definition) is 4. The lowest BCUT2D eigenvalue weighted by molar-refractivity contribution is -0.0498. The molecule has 2 N–H and O–H groups in total. The Labute approximate surface area is 154 Å². The molecular formula is C17H17ClF2N2O4. The van der Waals surface area contributed by atoms with Gasteiger partial charge in [-0.05, 0) is 23.8 Å². The number of halogens is 3. The summed E-state index contributed by atoms with van der Waals surface area (Å²) < 4.78 is 38.8. The number of hydrogen-bond donors (Lipinski definition) is 2. The van der Waals surface area contributed by atoms with Crippen LogP contribution < -0.4 is 24.8 Å². The number of benzene rings is 2. The quantitative estimate of drug-likeness (QED) is 0.745. The van der Waals surface area contributed by atoms with Crippen LogP contribution in [0.25, 0.3) is 0 Å². The Morgan fingerprint density at radius 2 is 1.77 bits per heavy atom. The Balaban J connectivity index is 1.95. The molecule has 2 aromatic carbocycles. The van der Waals surface area contributed by atoms with Crippen molar-refractivity contribution in [1.82, 2.24) is 5.32 Å². The van der Waals surface area contributed by atoms with Crippen molar-refractivity contribution < 1.29 is 27.8 Å². The van der Waals surface area contributed by atoms with Gasteiger partial charge >= 0.3 is 12.6 Å². The van der Waals surface area contributed by atoms with E-state index in [9.17, 15) is 13.6 Å². The number of nitrogens with one attached hydrogen (secondary N) is 2. The summed E-state index contributed by atoms with van der Waals surface area (Å²) in [4.78, 5) is 12.1. The number of carbonyl (C=O) groups excluding carboxylic acids is 1. The van der Waals surface area contributed by atoms with Gasteiger partial charge in [-0.25, -0.2) is 4.79 Å². The molecule has 2 rings (SSSR count). The molecule has 0 fully saturated rings. The van der Waals surface area contributed by atoms with E-state index in [4.69, 9.17) is 21.1 Å². The summed E-state index contributed by atoms with van der Waals surface area (Å²) >= 11 is 6.05. The summed E-state index contributed by atoms with van der Waals surface area (Å²) in [5.41, 5.74) is 1.08. The summed E-state index contributed by atoms with van der Waals surface area (Å²) in [5, 5.41) is 5.58. The second-order valence-electron chi connectivity index (χ2n) is 5.02. The van der Waals surface area contributed by atoms with Gasteiger partial charge in [-0.3, -0.25) is 0 Å². The third-order valence-electron chi connectivity index (χ3n) is 3.32. The molecule has 9 heteroatoms. The van der Waals surface area contributed by atoms with Gasteiger partial charge in [-0.2, -0.15) is 8.78 Å². The van der Waals surface area contributed by atoms with E-state index in [0.29, 0.717) is 27.8 Å². The first-order chi connectivity index (χ1) is 12.4. The van der Waals surface area contributed by atoms with Crippen LogP contribution in [-0.4, -0.2) is 26.9 Å². The van der Waals surface area contributed by atoms with Crippen LogP contribution in [0.15, 0.2) is 36.4 Å². The highest BCUT2D eigenvalue weighted by Gasteiger charge is 2.12. The molecule has 0 aliphatic heterocycles. The summed E-state index contributed by atoms with van der Waals surface area (Å²) in [6.45, 7) is -2.69. The van der Waals surface area contributed by atoms with E-state index in [-0.39, 0.29) is 12.3 Å². The first-order valence-electron chi connectivity index (χ1n) is 7.43. The van der Waals surface area contributed by atoms with Gasteiger partial charge in [0.25, 0.3) is 0 Å². The average molecular weight is 387 g/mol. The summed E-state index contributed by atoms with van der Waals surface area (Å²) in [5.74, 6) is 0.848. The smallest absolute Gasteiger partial charge is 0.387 e. The van der Waals surface area contributed by atoms with Crippen LogP contribution in [0.2, 0.25) is 5.02 Å². The lowest BCUT2D eigenvalue weighted by Crippen LogP contribution is -2.28. The van der Waals surface area contributed by atoms with Crippen LogP contribution in [0.3, 0.4) is 0 Å². The lowest BCUT2D eigenvalue weighted by atomic mass is 10.2. The second kappa shape index (κ2) is 9.10. The Bertz CT molecular complexity index is 757. The third kappa shape index (κ3) is 5.38. The van der Waals surface area contributed by atoms with E-state index in [2.05, 4.69) is 15.4 Å². The molecule has 0 spiro atoms. The number of urea groups is 1. The van der Waals surface area contributed by atoms with Crippen LogP contribution in [0.5, 0.6) is 17.2 Å². The zero-order chi connectivity index (χ0) is 19.1. The highest BCUT2D eigenvalue weighted by molar-refractivity contribution is 6.32. The minimum atomic E-state index is -2.88. The zero-order valence-corrected chi connectivity index (χ0v) is 14.8. The molecule has 6 nitrogen and oxygen atoms in total. The maximum Gasteiger partial charge on any atom is 0.387 e. The average Bonchev–Trinajstić information content (AvgIpc) is 2.61. The van der Waals surface area contributed by atoms with Crippen molar-refractivity contribution in [3.8, 4) is 17.2 Å². The minimum Gasteiger partial charge on any atom is -0.495 e. The van der Waals surface area contributed by atoms with Gasteiger partial charge in [0.05, 0.1) is 24.9 Å². The van der Waals surface area contributed by atoms with Crippen LogP contribution in [-0.2, 0) is 6.54 Å². The molecule has 140 valence electrons. The molecule has 0 atom stereocenters. The monoisotopic (exact) mass is 386 g/mol. The van der Waals surface area contributed by atoms with Gasteiger partial charge in [0, 0.05) is 12.6 Å². The summed E-state index contributed by atoms with van der Waals surface area (Å²) in [7, 11) is 2.92. The number of ether oxygens (including phenoxy) is 3. The molecule has 0 unspecified atom stereocenters. The zero-order valence-electron chi connectivity index (χ0n) is 14.0. The maximum atomic E-state index is 12.1. The number of anilines is 1. The fraction of sp³-hybridized carbons (Fsp3) is 0.235. The topological polar surface area (TPSA) is 68.8 Å². The van der Waals surface area contributed by atoms with E-state index in [0.717, 1.165) is 0 Å². The molecular weight excluding hydrogens is 370 g/mol. The van der Waals surface area contributed by atoms with Gasteiger partial charge in [-0.1, -0.05) is 23.7 Å². The third-order valence-corrected chi connectivity index (χ3v) is 3.62. The number of carbonyl (C=O) groups is 1. The minimum absolute atomic E-state index is 0.0470. The van der Waals surface area contributed by atoms with Gasteiger partial charge < -0.3 is 24.8 Å². The molecule has 2 amide bonds. The van der Waals surface area contributed by atoms with Crippen molar-refractivity contribution in [3.05, 3.63) is 47.0 Å². The molecule has 0 aliphatic carbocycles. The molecule has 26 heavy (non-hydrogen) atoms. The fourth-order valence-corrected chi connectivity index (χ4v) is 2.34. The van der Waals surface area contributed by atoms with Gasteiger partial charge in [0.1, 0.15) is 17.2 Å². The first-order valence-corrected chi connectivity index (χ1v) is 7.81. The van der Waals surface area contributed by atoms with E-state index in [1.54, 1.807) is 18.2 Å². The second-order valence-corrected chi connectivity index (χ2v) is 5.42. The van der Waals surface area contributed by atoms with Crippen molar-refractivity contribution >= 4 is 23.3 Å². The van der Waals surface area contributed by atoms with Gasteiger partial charge in [0.2, 0.25) is 0 Å². The van der Waals surface area contributed by atoms with Gasteiger partial charge in [-0.15, -0.1) is 0 Å². The number of alkyl halides is 2. The van der Waals surface area contributed by atoms with Crippen molar-refractivity contribution in [2.24, 2.45) is 0 Å². The van der Waals surface area contributed by atoms with Crippen LogP contribution in [0, 0.1) is 0 Å². The molecule has 0 saturated carbocycles. The number of rotatable bonds is 7. The van der Waals surface area contributed by atoms with Crippen molar-refractivity contribution in [3.63, 3.8) is 0 Å². The molecule has 0 saturated heterocycles. The van der Waals surface area contributed by atoms with E-state index >= 15 is 0 Å². The lowest BCUT2D eigenvalue weighted by Gasteiger charge is -2.14. The van der Waals surface area contributed by atoms with Crippen LogP contribution in [0.4, 0.5) is 19.3 Å². The van der Waals surface area contributed by atoms with Crippen molar-refractivity contribution in [2.45, 2.75) is 13.2 Å². The van der Waals surface area contributed by atoms with E-state index < -0.39 is 12.6 Å². The maximum absolute atomic E-state index is 12.1. The predicted molar refractivity (Wildman–Crippen MR) is 93.5 cm³/mol. The molecule has 0 aliphatic rings. The largest absolute Gasteiger partial charge is 0.495 e. The number of amides is 2. The molecule has 0 radical (unpaired) electrons. The molecule has 0 bridgehead atoms. The molecule has 2 aromatic rings. The standard InChI is InChI=1S/C17H17ClF2N2O4/c1-24-14-8-15(25-2)13(7-12(14)18)22-17(23)21-9-10-3-5-11(6-4-10)26-16(19)20/h3-8,16H,9H2,1-2H3,(H2,21,22,23).